The Morgan fingerprint density at radius 1 is 0.821 bits per heavy atom. The molecule has 1 aliphatic rings. The molecular weight excluding hydrogens is 514 g/mol. The van der Waals surface area contributed by atoms with E-state index >= 15 is 0 Å². The van der Waals surface area contributed by atoms with Gasteiger partial charge in [0.2, 0.25) is 0 Å². The second-order valence-corrected chi connectivity index (χ2v) is 10.7. The van der Waals surface area contributed by atoms with Crippen LogP contribution in [-0.4, -0.2) is 40.6 Å². The van der Waals surface area contributed by atoms with Gasteiger partial charge >= 0.3 is 0 Å². The van der Waals surface area contributed by atoms with E-state index in [1.54, 1.807) is 54.6 Å². The minimum Gasteiger partial charge on any atom is -0.487 e. The Kier molecular flexibility index (Phi) is 8.10. The Bertz CT molecular complexity index is 1510. The molecule has 8 nitrogen and oxygen atoms in total. The van der Waals surface area contributed by atoms with E-state index in [0.29, 0.717) is 49.0 Å². The molecule has 39 heavy (non-hydrogen) atoms. The third-order valence-electron chi connectivity index (χ3n) is 6.27. The van der Waals surface area contributed by atoms with Gasteiger partial charge in [0.15, 0.2) is 0 Å². The number of rotatable bonds is 9. The fourth-order valence-electron chi connectivity index (χ4n) is 4.26. The molecule has 0 spiro atoms. The van der Waals surface area contributed by atoms with E-state index in [-0.39, 0.29) is 23.1 Å². The van der Waals surface area contributed by atoms with Crippen molar-refractivity contribution >= 4 is 33.0 Å². The molecular formula is C30H29N3O5S. The number of nitrogens with one attached hydrogen (secondary N) is 2. The molecule has 0 aromatic heterocycles. The maximum atomic E-state index is 13.3. The van der Waals surface area contributed by atoms with Crippen LogP contribution >= 0.6 is 0 Å². The molecule has 1 saturated heterocycles. The zero-order valence-corrected chi connectivity index (χ0v) is 22.1. The first-order valence-electron chi connectivity index (χ1n) is 12.6. The number of hydrogen-bond acceptors (Lipinski definition) is 6. The van der Waals surface area contributed by atoms with Crippen LogP contribution in [0.4, 0.5) is 17.1 Å². The lowest BCUT2D eigenvalue weighted by Gasteiger charge is -2.31. The van der Waals surface area contributed by atoms with Crippen LogP contribution in [0.2, 0.25) is 0 Å². The molecule has 0 unspecified atom stereocenters. The molecule has 1 fully saturated rings. The first-order valence-corrected chi connectivity index (χ1v) is 14.1. The second kappa shape index (κ2) is 12.0. The summed E-state index contributed by atoms with van der Waals surface area (Å²) in [5.74, 6) is 0.00969. The zero-order chi connectivity index (χ0) is 27.1. The summed E-state index contributed by atoms with van der Waals surface area (Å²) in [6.45, 7) is 2.42. The number of ether oxygens (including phenoxy) is 2. The highest BCUT2D eigenvalue weighted by molar-refractivity contribution is 7.92. The van der Waals surface area contributed by atoms with Gasteiger partial charge in [-0.15, -0.1) is 0 Å². The molecule has 4 aromatic carbocycles. The van der Waals surface area contributed by atoms with Crippen LogP contribution in [0.15, 0.2) is 108 Å². The predicted octanol–water partition coefficient (Wildman–Crippen LogP) is 5.16. The standard InChI is InChI=1S/C30H29N3O5S/c34-30(24-12-6-2-7-13-24)31-26-21-29(38-22-23-10-4-1-5-11-23)27(20-28(26)33-16-18-37-19-17-33)32-39(35,36)25-14-8-3-9-15-25/h1-15,20-21,32H,16-19,22H2,(H,31,34). The van der Waals surface area contributed by atoms with Crippen LogP contribution in [-0.2, 0) is 21.4 Å². The Morgan fingerprint density at radius 2 is 1.44 bits per heavy atom. The molecule has 200 valence electrons. The first kappa shape index (κ1) is 26.3. The number of carbonyl (C=O) groups excluding carboxylic acids is 1. The fraction of sp³-hybridized carbons (Fsp3) is 0.167. The van der Waals surface area contributed by atoms with E-state index in [2.05, 4.69) is 14.9 Å². The number of hydrogen-bond donors (Lipinski definition) is 2. The van der Waals surface area contributed by atoms with Crippen LogP contribution in [0.5, 0.6) is 5.75 Å². The van der Waals surface area contributed by atoms with Crippen molar-refractivity contribution in [3.05, 3.63) is 114 Å². The van der Waals surface area contributed by atoms with E-state index in [1.165, 1.54) is 12.1 Å². The predicted molar refractivity (Wildman–Crippen MR) is 152 cm³/mol. The first-order chi connectivity index (χ1) is 19.0. The average Bonchev–Trinajstić information content (AvgIpc) is 2.98. The molecule has 9 heteroatoms. The zero-order valence-electron chi connectivity index (χ0n) is 21.2. The molecule has 0 saturated carbocycles. The van der Waals surface area contributed by atoms with Crippen molar-refractivity contribution in [1.82, 2.24) is 0 Å². The SMILES string of the molecule is O=C(Nc1cc(OCc2ccccc2)c(NS(=O)(=O)c2ccccc2)cc1N1CCOCC1)c1ccccc1. The summed E-state index contributed by atoms with van der Waals surface area (Å²) < 4.78 is 41.0. The number of amides is 1. The van der Waals surface area contributed by atoms with E-state index in [1.807, 2.05) is 36.4 Å². The van der Waals surface area contributed by atoms with Crippen LogP contribution in [0.3, 0.4) is 0 Å². The van der Waals surface area contributed by atoms with Gasteiger partial charge in [-0.1, -0.05) is 66.7 Å². The van der Waals surface area contributed by atoms with Crippen molar-refractivity contribution < 1.29 is 22.7 Å². The summed E-state index contributed by atoms with van der Waals surface area (Å²) >= 11 is 0. The molecule has 1 heterocycles. The molecule has 0 aliphatic carbocycles. The summed E-state index contributed by atoms with van der Waals surface area (Å²) in [7, 11) is -3.91. The van der Waals surface area contributed by atoms with Crippen LogP contribution in [0.25, 0.3) is 0 Å². The number of morpholine rings is 1. The average molecular weight is 544 g/mol. The largest absolute Gasteiger partial charge is 0.487 e. The normalized spacial score (nSPS) is 13.5. The summed E-state index contributed by atoms with van der Waals surface area (Å²) in [5.41, 5.74) is 2.87. The molecule has 5 rings (SSSR count). The smallest absolute Gasteiger partial charge is 0.262 e. The minimum absolute atomic E-state index is 0.133. The molecule has 1 aliphatic heterocycles. The lowest BCUT2D eigenvalue weighted by molar-refractivity contribution is 0.102. The number of sulfonamides is 1. The van der Waals surface area contributed by atoms with Crippen molar-refractivity contribution in [3.63, 3.8) is 0 Å². The maximum Gasteiger partial charge on any atom is 0.262 e. The molecule has 0 radical (unpaired) electrons. The van der Waals surface area contributed by atoms with Crippen LogP contribution in [0, 0.1) is 0 Å². The molecule has 2 N–H and O–H groups in total. The minimum atomic E-state index is -3.91. The number of benzene rings is 4. The lowest BCUT2D eigenvalue weighted by atomic mass is 10.1. The van der Waals surface area contributed by atoms with Gasteiger partial charge in [-0.25, -0.2) is 8.42 Å². The van der Waals surface area contributed by atoms with Gasteiger partial charge in [0.1, 0.15) is 12.4 Å². The Hall–Kier alpha value is -4.34. The quantitative estimate of drug-likeness (QED) is 0.303. The Labute approximate surface area is 228 Å². The third-order valence-corrected chi connectivity index (χ3v) is 7.65. The van der Waals surface area contributed by atoms with Crippen molar-refractivity contribution in [1.29, 1.82) is 0 Å². The second-order valence-electron chi connectivity index (χ2n) is 8.98. The Morgan fingerprint density at radius 3 is 2.10 bits per heavy atom. The van der Waals surface area contributed by atoms with Gasteiger partial charge in [0, 0.05) is 24.7 Å². The van der Waals surface area contributed by atoms with Crippen LogP contribution in [0.1, 0.15) is 15.9 Å². The monoisotopic (exact) mass is 543 g/mol. The summed E-state index contributed by atoms with van der Waals surface area (Å²) in [6.07, 6.45) is 0. The van der Waals surface area contributed by atoms with Crippen molar-refractivity contribution in [3.8, 4) is 5.75 Å². The lowest BCUT2D eigenvalue weighted by Crippen LogP contribution is -2.37. The van der Waals surface area contributed by atoms with Gasteiger partial charge in [0.05, 0.1) is 35.2 Å². The highest BCUT2D eigenvalue weighted by Gasteiger charge is 2.23. The van der Waals surface area contributed by atoms with Crippen LogP contribution < -0.4 is 19.7 Å². The van der Waals surface area contributed by atoms with E-state index in [4.69, 9.17) is 9.47 Å². The van der Waals surface area contributed by atoms with E-state index < -0.39 is 10.0 Å². The van der Waals surface area contributed by atoms with E-state index in [0.717, 1.165) is 5.56 Å². The Balaban J connectivity index is 1.56. The fourth-order valence-corrected chi connectivity index (χ4v) is 5.34. The number of anilines is 3. The maximum absolute atomic E-state index is 13.3. The van der Waals surface area contributed by atoms with Crippen molar-refractivity contribution in [2.24, 2.45) is 0 Å². The molecule has 1 amide bonds. The van der Waals surface area contributed by atoms with Gasteiger partial charge in [-0.3, -0.25) is 9.52 Å². The topological polar surface area (TPSA) is 97.0 Å². The highest BCUT2D eigenvalue weighted by atomic mass is 32.2. The third kappa shape index (κ3) is 6.57. The van der Waals surface area contributed by atoms with Gasteiger partial charge in [-0.2, -0.15) is 0 Å². The number of carbonyl (C=O) groups is 1. The van der Waals surface area contributed by atoms with Gasteiger partial charge in [-0.05, 0) is 35.9 Å². The van der Waals surface area contributed by atoms with Gasteiger partial charge in [0.25, 0.3) is 15.9 Å². The molecule has 0 bridgehead atoms. The van der Waals surface area contributed by atoms with E-state index in [9.17, 15) is 13.2 Å². The highest BCUT2D eigenvalue weighted by Crippen LogP contribution is 2.39. The molecule has 4 aromatic rings. The summed E-state index contributed by atoms with van der Waals surface area (Å²) in [6, 6.07) is 30.0. The summed E-state index contributed by atoms with van der Waals surface area (Å²) in [5, 5.41) is 3.01. The van der Waals surface area contributed by atoms with Crippen molar-refractivity contribution in [2.75, 3.05) is 41.2 Å². The number of nitrogens with zero attached hydrogens (tertiary/aromatic N) is 1. The molecule has 0 atom stereocenters. The van der Waals surface area contributed by atoms with Gasteiger partial charge < -0.3 is 19.7 Å². The van der Waals surface area contributed by atoms with Crippen molar-refractivity contribution in [2.45, 2.75) is 11.5 Å². The summed E-state index contributed by atoms with van der Waals surface area (Å²) in [4.78, 5) is 15.3.